The summed E-state index contributed by atoms with van der Waals surface area (Å²) in [6.45, 7) is 7.27. The van der Waals surface area contributed by atoms with Gasteiger partial charge in [-0.15, -0.1) is 0 Å². The van der Waals surface area contributed by atoms with E-state index in [0.29, 0.717) is 19.0 Å². The molecule has 72 valence electrons. The van der Waals surface area contributed by atoms with Crippen molar-refractivity contribution in [2.24, 2.45) is 0 Å². The highest BCUT2D eigenvalue weighted by Crippen LogP contribution is 2.00. The van der Waals surface area contributed by atoms with E-state index >= 15 is 0 Å². The van der Waals surface area contributed by atoms with Crippen LogP contribution in [0.2, 0.25) is 0 Å². The standard InChI is InChI=1S/C9H19NO2/c1-8(2)10(5-4-6-11)7-9(3)12/h6,8-9,12H,4-5,7H2,1-3H3. The molecule has 1 N–H and O–H groups in total. The van der Waals surface area contributed by atoms with Gasteiger partial charge in [0.1, 0.15) is 6.29 Å². The molecule has 12 heavy (non-hydrogen) atoms. The molecule has 0 saturated carbocycles. The van der Waals surface area contributed by atoms with Gasteiger partial charge in [0.05, 0.1) is 6.10 Å². The number of hydrogen-bond donors (Lipinski definition) is 1. The van der Waals surface area contributed by atoms with Crippen LogP contribution in [0.1, 0.15) is 27.2 Å². The molecule has 3 heteroatoms. The van der Waals surface area contributed by atoms with Gasteiger partial charge in [0, 0.05) is 25.6 Å². The minimum Gasteiger partial charge on any atom is -0.392 e. The van der Waals surface area contributed by atoms with Crippen LogP contribution in [-0.2, 0) is 4.79 Å². The number of carbonyl (C=O) groups is 1. The van der Waals surface area contributed by atoms with Crippen LogP contribution in [0.15, 0.2) is 0 Å². The van der Waals surface area contributed by atoms with Crippen molar-refractivity contribution in [3.05, 3.63) is 0 Å². The van der Waals surface area contributed by atoms with Crippen molar-refractivity contribution >= 4 is 6.29 Å². The number of hydrogen-bond acceptors (Lipinski definition) is 3. The summed E-state index contributed by atoms with van der Waals surface area (Å²) in [5.41, 5.74) is 0. The molecule has 0 amide bonds. The van der Waals surface area contributed by atoms with Gasteiger partial charge in [-0.1, -0.05) is 0 Å². The SMILES string of the molecule is CC(O)CN(CCC=O)C(C)C. The lowest BCUT2D eigenvalue weighted by Gasteiger charge is -2.26. The molecule has 0 rings (SSSR count). The van der Waals surface area contributed by atoms with Gasteiger partial charge in [-0.05, 0) is 20.8 Å². The van der Waals surface area contributed by atoms with Crippen LogP contribution in [0.4, 0.5) is 0 Å². The van der Waals surface area contributed by atoms with Crippen molar-refractivity contribution in [3.63, 3.8) is 0 Å². The zero-order chi connectivity index (χ0) is 9.56. The molecule has 0 aliphatic rings. The van der Waals surface area contributed by atoms with Crippen LogP contribution in [0.5, 0.6) is 0 Å². The summed E-state index contributed by atoms with van der Waals surface area (Å²) in [6, 6.07) is 0.388. The largest absolute Gasteiger partial charge is 0.392 e. The quantitative estimate of drug-likeness (QED) is 0.600. The predicted octanol–water partition coefficient (Wildman–Crippen LogP) is 0.667. The third kappa shape index (κ3) is 5.27. The Morgan fingerprint density at radius 1 is 1.42 bits per heavy atom. The molecule has 0 bridgehead atoms. The maximum absolute atomic E-state index is 10.1. The molecule has 3 nitrogen and oxygen atoms in total. The number of rotatable bonds is 6. The first-order valence-electron chi connectivity index (χ1n) is 4.43. The summed E-state index contributed by atoms with van der Waals surface area (Å²) in [5.74, 6) is 0. The van der Waals surface area contributed by atoms with Gasteiger partial charge in [-0.25, -0.2) is 0 Å². The fourth-order valence-electron chi connectivity index (χ4n) is 1.12. The van der Waals surface area contributed by atoms with Gasteiger partial charge in [-0.2, -0.15) is 0 Å². The number of aliphatic hydroxyl groups is 1. The van der Waals surface area contributed by atoms with E-state index in [1.807, 2.05) is 0 Å². The Morgan fingerprint density at radius 3 is 2.33 bits per heavy atom. The second kappa shape index (κ2) is 6.14. The zero-order valence-electron chi connectivity index (χ0n) is 8.16. The third-order valence-corrected chi connectivity index (χ3v) is 1.76. The van der Waals surface area contributed by atoms with E-state index in [2.05, 4.69) is 18.7 Å². The molecule has 0 fully saturated rings. The summed E-state index contributed by atoms with van der Waals surface area (Å²) in [7, 11) is 0. The first kappa shape index (κ1) is 11.6. The lowest BCUT2D eigenvalue weighted by atomic mass is 10.2. The van der Waals surface area contributed by atoms with Crippen LogP contribution in [-0.4, -0.2) is 41.5 Å². The first-order chi connectivity index (χ1) is 5.57. The molecule has 0 aromatic carbocycles. The van der Waals surface area contributed by atoms with E-state index in [4.69, 9.17) is 5.11 Å². The Hall–Kier alpha value is -0.410. The summed E-state index contributed by atoms with van der Waals surface area (Å²) in [4.78, 5) is 12.2. The molecular weight excluding hydrogens is 154 g/mol. The second-order valence-corrected chi connectivity index (χ2v) is 3.39. The molecular formula is C9H19NO2. The van der Waals surface area contributed by atoms with E-state index < -0.39 is 0 Å². The fraction of sp³-hybridized carbons (Fsp3) is 0.889. The van der Waals surface area contributed by atoms with Gasteiger partial charge in [-0.3, -0.25) is 4.90 Å². The average molecular weight is 173 g/mol. The van der Waals surface area contributed by atoms with E-state index in [9.17, 15) is 4.79 Å². The van der Waals surface area contributed by atoms with Crippen molar-refractivity contribution in [2.45, 2.75) is 39.3 Å². The topological polar surface area (TPSA) is 40.5 Å². The smallest absolute Gasteiger partial charge is 0.121 e. The predicted molar refractivity (Wildman–Crippen MR) is 49.1 cm³/mol. The highest BCUT2D eigenvalue weighted by atomic mass is 16.3. The fourth-order valence-corrected chi connectivity index (χ4v) is 1.12. The van der Waals surface area contributed by atoms with Gasteiger partial charge >= 0.3 is 0 Å². The summed E-state index contributed by atoms with van der Waals surface area (Å²) in [5, 5.41) is 9.14. The molecule has 0 heterocycles. The van der Waals surface area contributed by atoms with E-state index in [1.165, 1.54) is 0 Å². The third-order valence-electron chi connectivity index (χ3n) is 1.76. The number of aldehydes is 1. The Labute approximate surface area is 74.4 Å². The Morgan fingerprint density at radius 2 is 2.00 bits per heavy atom. The van der Waals surface area contributed by atoms with Crippen molar-refractivity contribution in [3.8, 4) is 0 Å². The molecule has 1 atom stereocenters. The molecule has 0 aromatic heterocycles. The van der Waals surface area contributed by atoms with E-state index in [-0.39, 0.29) is 6.10 Å². The average Bonchev–Trinajstić information content (AvgIpc) is 1.96. The molecule has 0 aliphatic heterocycles. The van der Waals surface area contributed by atoms with Crippen molar-refractivity contribution < 1.29 is 9.90 Å². The minimum atomic E-state index is -0.320. The van der Waals surface area contributed by atoms with Crippen molar-refractivity contribution in [2.75, 3.05) is 13.1 Å². The van der Waals surface area contributed by atoms with Gasteiger partial charge in [0.15, 0.2) is 0 Å². The molecule has 1 unspecified atom stereocenters. The van der Waals surface area contributed by atoms with Crippen molar-refractivity contribution in [1.29, 1.82) is 0 Å². The summed E-state index contributed by atoms with van der Waals surface area (Å²) >= 11 is 0. The number of carbonyl (C=O) groups excluding carboxylic acids is 1. The first-order valence-corrected chi connectivity index (χ1v) is 4.43. The second-order valence-electron chi connectivity index (χ2n) is 3.39. The lowest BCUT2D eigenvalue weighted by molar-refractivity contribution is -0.108. The molecule has 0 radical (unpaired) electrons. The zero-order valence-corrected chi connectivity index (χ0v) is 8.16. The monoisotopic (exact) mass is 173 g/mol. The summed E-state index contributed by atoms with van der Waals surface area (Å²) < 4.78 is 0. The van der Waals surface area contributed by atoms with Crippen molar-refractivity contribution in [1.82, 2.24) is 4.90 Å². The van der Waals surface area contributed by atoms with Gasteiger partial charge < -0.3 is 9.90 Å². The Kier molecular flexibility index (Phi) is 5.93. The van der Waals surface area contributed by atoms with Crippen LogP contribution in [0, 0.1) is 0 Å². The maximum Gasteiger partial charge on any atom is 0.121 e. The highest BCUT2D eigenvalue weighted by Gasteiger charge is 2.10. The number of aliphatic hydroxyl groups excluding tert-OH is 1. The van der Waals surface area contributed by atoms with E-state index in [0.717, 1.165) is 12.8 Å². The van der Waals surface area contributed by atoms with Gasteiger partial charge in [0.25, 0.3) is 0 Å². The lowest BCUT2D eigenvalue weighted by Crippen LogP contribution is -2.37. The molecule has 0 spiro atoms. The molecule has 0 aromatic rings. The minimum absolute atomic E-state index is 0.320. The highest BCUT2D eigenvalue weighted by molar-refractivity contribution is 5.49. The van der Waals surface area contributed by atoms with E-state index in [1.54, 1.807) is 6.92 Å². The Bertz CT molecular complexity index is 124. The normalized spacial score (nSPS) is 13.8. The summed E-state index contributed by atoms with van der Waals surface area (Å²) in [6.07, 6.45) is 1.14. The Balaban J connectivity index is 3.77. The number of nitrogens with zero attached hydrogens (tertiary/aromatic N) is 1. The molecule has 0 saturated heterocycles. The van der Waals surface area contributed by atoms with Crippen LogP contribution < -0.4 is 0 Å². The molecule has 0 aliphatic carbocycles. The van der Waals surface area contributed by atoms with Crippen LogP contribution in [0.3, 0.4) is 0 Å². The van der Waals surface area contributed by atoms with Crippen LogP contribution >= 0.6 is 0 Å². The van der Waals surface area contributed by atoms with Crippen LogP contribution in [0.25, 0.3) is 0 Å². The maximum atomic E-state index is 10.1. The van der Waals surface area contributed by atoms with Gasteiger partial charge in [0.2, 0.25) is 0 Å².